The Hall–Kier alpha value is -1.60. The molecule has 4 nitrogen and oxygen atoms in total. The average Bonchev–Trinajstić information content (AvgIpc) is 2.73. The van der Waals surface area contributed by atoms with Crippen LogP contribution in [-0.2, 0) is 6.18 Å². The molecule has 0 bridgehead atoms. The fourth-order valence-electron chi connectivity index (χ4n) is 4.27. The van der Waals surface area contributed by atoms with E-state index in [4.69, 9.17) is 0 Å². The number of hydrogen-bond donors (Lipinski definition) is 0. The Morgan fingerprint density at radius 1 is 1.04 bits per heavy atom. The molecular weight excluding hydrogens is 343 g/mol. The molecule has 2 aliphatic heterocycles. The fraction of sp³-hybridized carbons (Fsp3) is 0.632. The molecule has 0 radical (unpaired) electrons. The summed E-state index contributed by atoms with van der Waals surface area (Å²) in [6.07, 6.45) is -1.84. The lowest BCUT2D eigenvalue weighted by Gasteiger charge is -2.47. The van der Waals surface area contributed by atoms with Crippen molar-refractivity contribution in [1.82, 2.24) is 14.7 Å². The standard InChI is InChI=1S/C19H26F3N3O/c1-23-10-5-11-24(2)18(14-23)8-12-25(13-9-18)17(26)15-6-3-4-7-16(15)19(20,21)22/h3-4,6-7H,5,8-14H2,1-2H3. The average molecular weight is 369 g/mol. The second kappa shape index (κ2) is 7.19. The van der Waals surface area contributed by atoms with Gasteiger partial charge in [-0.15, -0.1) is 0 Å². The van der Waals surface area contributed by atoms with Gasteiger partial charge in [0.1, 0.15) is 0 Å². The summed E-state index contributed by atoms with van der Waals surface area (Å²) in [6, 6.07) is 5.07. The predicted octanol–water partition coefficient (Wildman–Crippen LogP) is 2.95. The van der Waals surface area contributed by atoms with Crippen LogP contribution in [0, 0.1) is 0 Å². The quantitative estimate of drug-likeness (QED) is 0.762. The number of likely N-dealkylation sites (tertiary alicyclic amines) is 1. The van der Waals surface area contributed by atoms with Crippen LogP contribution in [-0.4, -0.2) is 73.0 Å². The molecule has 1 spiro atoms. The van der Waals surface area contributed by atoms with Crippen LogP contribution in [0.3, 0.4) is 0 Å². The number of carbonyl (C=O) groups is 1. The van der Waals surface area contributed by atoms with Crippen molar-refractivity contribution in [1.29, 1.82) is 0 Å². The molecule has 26 heavy (non-hydrogen) atoms. The van der Waals surface area contributed by atoms with E-state index < -0.39 is 17.6 Å². The third-order valence-corrected chi connectivity index (χ3v) is 5.85. The van der Waals surface area contributed by atoms with Crippen LogP contribution in [0.2, 0.25) is 0 Å². The van der Waals surface area contributed by atoms with Gasteiger partial charge in [-0.3, -0.25) is 9.69 Å². The predicted molar refractivity (Wildman–Crippen MR) is 94.1 cm³/mol. The van der Waals surface area contributed by atoms with Gasteiger partial charge in [-0.05, 0) is 58.6 Å². The zero-order valence-corrected chi connectivity index (χ0v) is 15.4. The second-order valence-electron chi connectivity index (χ2n) is 7.57. The Morgan fingerprint density at radius 3 is 2.35 bits per heavy atom. The minimum absolute atomic E-state index is 0.00553. The maximum atomic E-state index is 13.2. The molecule has 1 aromatic rings. The molecule has 2 saturated heterocycles. The summed E-state index contributed by atoms with van der Waals surface area (Å²) >= 11 is 0. The molecule has 144 valence electrons. The van der Waals surface area contributed by atoms with Gasteiger partial charge in [0.15, 0.2) is 0 Å². The van der Waals surface area contributed by atoms with Crippen LogP contribution >= 0.6 is 0 Å². The van der Waals surface area contributed by atoms with Gasteiger partial charge in [0.25, 0.3) is 5.91 Å². The van der Waals surface area contributed by atoms with Crippen LogP contribution in [0.1, 0.15) is 35.2 Å². The maximum Gasteiger partial charge on any atom is 0.417 e. The molecule has 0 atom stereocenters. The van der Waals surface area contributed by atoms with E-state index in [1.807, 2.05) is 0 Å². The van der Waals surface area contributed by atoms with E-state index in [1.54, 1.807) is 4.90 Å². The highest BCUT2D eigenvalue weighted by atomic mass is 19.4. The SMILES string of the molecule is CN1CCCN(C)C2(CCN(C(=O)c3ccccc3C(F)(F)F)CC2)C1. The van der Waals surface area contributed by atoms with E-state index in [1.165, 1.54) is 18.2 Å². The van der Waals surface area contributed by atoms with Gasteiger partial charge in [0.2, 0.25) is 0 Å². The molecule has 0 aliphatic carbocycles. The second-order valence-corrected chi connectivity index (χ2v) is 7.57. The summed E-state index contributed by atoms with van der Waals surface area (Å²) in [5.74, 6) is -0.516. The Kier molecular flexibility index (Phi) is 5.30. The topological polar surface area (TPSA) is 26.8 Å². The molecule has 2 aliphatic rings. The van der Waals surface area contributed by atoms with Crippen molar-refractivity contribution in [3.8, 4) is 0 Å². The molecule has 0 N–H and O–H groups in total. The van der Waals surface area contributed by atoms with Crippen molar-refractivity contribution < 1.29 is 18.0 Å². The number of alkyl halides is 3. The lowest BCUT2D eigenvalue weighted by Crippen LogP contribution is -2.58. The van der Waals surface area contributed by atoms with E-state index in [0.717, 1.165) is 45.0 Å². The number of amides is 1. The Balaban J connectivity index is 1.75. The Labute approximate surface area is 152 Å². The molecule has 0 aromatic heterocycles. The van der Waals surface area contributed by atoms with Crippen LogP contribution in [0.25, 0.3) is 0 Å². The van der Waals surface area contributed by atoms with Crippen LogP contribution in [0.15, 0.2) is 24.3 Å². The molecule has 2 heterocycles. The van der Waals surface area contributed by atoms with Crippen LogP contribution in [0.5, 0.6) is 0 Å². The van der Waals surface area contributed by atoms with Crippen molar-refractivity contribution >= 4 is 5.91 Å². The largest absolute Gasteiger partial charge is 0.417 e. The first-order valence-corrected chi connectivity index (χ1v) is 9.08. The lowest BCUT2D eigenvalue weighted by atomic mass is 9.85. The van der Waals surface area contributed by atoms with E-state index in [0.29, 0.717) is 13.1 Å². The summed E-state index contributed by atoms with van der Waals surface area (Å²) in [5, 5.41) is 0. The van der Waals surface area contributed by atoms with Gasteiger partial charge in [-0.1, -0.05) is 12.1 Å². The zero-order valence-electron chi connectivity index (χ0n) is 15.4. The number of halogens is 3. The van der Waals surface area contributed by atoms with Crippen LogP contribution in [0.4, 0.5) is 13.2 Å². The Morgan fingerprint density at radius 2 is 1.69 bits per heavy atom. The van der Waals surface area contributed by atoms with Gasteiger partial charge in [0, 0.05) is 25.2 Å². The summed E-state index contributed by atoms with van der Waals surface area (Å²) < 4.78 is 39.7. The maximum absolute atomic E-state index is 13.2. The first kappa shape index (κ1) is 19.2. The van der Waals surface area contributed by atoms with E-state index in [-0.39, 0.29) is 11.1 Å². The minimum Gasteiger partial charge on any atom is -0.338 e. The minimum atomic E-state index is -4.52. The van der Waals surface area contributed by atoms with E-state index in [9.17, 15) is 18.0 Å². The summed E-state index contributed by atoms with van der Waals surface area (Å²) in [5.41, 5.74) is -1.09. The highest BCUT2D eigenvalue weighted by Gasteiger charge is 2.42. The molecule has 1 aromatic carbocycles. The number of likely N-dealkylation sites (N-methyl/N-ethyl adjacent to an activating group) is 2. The first-order valence-electron chi connectivity index (χ1n) is 9.08. The van der Waals surface area contributed by atoms with Gasteiger partial charge in [-0.25, -0.2) is 0 Å². The normalized spacial score (nSPS) is 22.4. The number of benzene rings is 1. The van der Waals surface area contributed by atoms with Gasteiger partial charge in [-0.2, -0.15) is 13.2 Å². The highest BCUT2D eigenvalue weighted by Crippen LogP contribution is 2.34. The van der Waals surface area contributed by atoms with Crippen molar-refractivity contribution in [3.05, 3.63) is 35.4 Å². The number of carbonyl (C=O) groups excluding carboxylic acids is 1. The molecule has 1 amide bonds. The monoisotopic (exact) mass is 369 g/mol. The van der Waals surface area contributed by atoms with Crippen molar-refractivity contribution in [2.24, 2.45) is 0 Å². The number of piperidine rings is 1. The molecular formula is C19H26F3N3O. The fourth-order valence-corrected chi connectivity index (χ4v) is 4.27. The van der Waals surface area contributed by atoms with Gasteiger partial charge in [0.05, 0.1) is 11.1 Å². The van der Waals surface area contributed by atoms with E-state index >= 15 is 0 Å². The first-order chi connectivity index (χ1) is 12.2. The third kappa shape index (κ3) is 3.74. The summed E-state index contributed by atoms with van der Waals surface area (Å²) in [6.45, 7) is 3.97. The summed E-state index contributed by atoms with van der Waals surface area (Å²) in [4.78, 5) is 19.0. The molecule has 0 saturated carbocycles. The van der Waals surface area contributed by atoms with Crippen molar-refractivity contribution in [2.75, 3.05) is 46.8 Å². The smallest absolute Gasteiger partial charge is 0.338 e. The zero-order chi connectivity index (χ0) is 18.9. The number of hydrogen-bond acceptors (Lipinski definition) is 3. The van der Waals surface area contributed by atoms with Crippen molar-refractivity contribution in [3.63, 3.8) is 0 Å². The summed E-state index contributed by atoms with van der Waals surface area (Å²) in [7, 11) is 4.23. The van der Waals surface area contributed by atoms with Crippen molar-refractivity contribution in [2.45, 2.75) is 31.0 Å². The lowest BCUT2D eigenvalue weighted by molar-refractivity contribution is -0.138. The molecule has 0 unspecified atom stereocenters. The van der Waals surface area contributed by atoms with Gasteiger partial charge >= 0.3 is 6.18 Å². The van der Waals surface area contributed by atoms with Crippen LogP contribution < -0.4 is 0 Å². The Bertz CT molecular complexity index is 654. The molecule has 2 fully saturated rings. The number of rotatable bonds is 1. The molecule has 7 heteroatoms. The molecule has 3 rings (SSSR count). The highest BCUT2D eigenvalue weighted by molar-refractivity contribution is 5.96. The van der Waals surface area contributed by atoms with Gasteiger partial charge < -0.3 is 9.80 Å². The van der Waals surface area contributed by atoms with E-state index in [2.05, 4.69) is 23.9 Å². The third-order valence-electron chi connectivity index (χ3n) is 5.85. The number of nitrogens with zero attached hydrogens (tertiary/aromatic N) is 3.